The molecule has 0 spiro atoms. The third-order valence-corrected chi connectivity index (χ3v) is 3.71. The normalized spacial score (nSPS) is 10.7. The van der Waals surface area contributed by atoms with Crippen molar-refractivity contribution in [2.75, 3.05) is 6.61 Å². The fraction of sp³-hybridized carbons (Fsp3) is 0.118. The summed E-state index contributed by atoms with van der Waals surface area (Å²) in [5.41, 5.74) is 0. The van der Waals surface area contributed by atoms with E-state index in [0.29, 0.717) is 6.61 Å². The predicted molar refractivity (Wildman–Crippen MR) is 83.8 cm³/mol. The van der Waals surface area contributed by atoms with Crippen molar-refractivity contribution in [1.29, 1.82) is 0 Å². The van der Waals surface area contributed by atoms with Gasteiger partial charge >= 0.3 is 0 Å². The van der Waals surface area contributed by atoms with Gasteiger partial charge in [0, 0.05) is 15.9 Å². The quantitative estimate of drug-likeness (QED) is 0.660. The number of hydrogen-bond acceptors (Lipinski definition) is 1. The summed E-state index contributed by atoms with van der Waals surface area (Å²) in [5, 5.41) is 2.51. The lowest BCUT2D eigenvalue weighted by Gasteiger charge is -2.04. The average Bonchev–Trinajstić information content (AvgIpc) is 2.49. The van der Waals surface area contributed by atoms with Gasteiger partial charge in [-0.25, -0.2) is 4.57 Å². The number of benzene rings is 2. The molecule has 20 heavy (non-hydrogen) atoms. The molecule has 0 aliphatic carbocycles. The van der Waals surface area contributed by atoms with Crippen LogP contribution in [-0.4, -0.2) is 6.61 Å². The zero-order valence-corrected chi connectivity index (χ0v) is 12.6. The van der Waals surface area contributed by atoms with Crippen LogP contribution in [0.5, 0.6) is 5.75 Å². The van der Waals surface area contributed by atoms with Gasteiger partial charge in [-0.05, 0) is 35.7 Å². The molecule has 0 fully saturated rings. The zero-order chi connectivity index (χ0) is 13.8. The molecular weight excluding hydrogens is 314 g/mol. The standard InChI is InChI=1S/C17H15BrNO/c18-16-5-7-17(8-6-16)20-12-11-19-10-9-14-3-1-2-4-15(14)13-19/h1-10,13H,11-12H2/q+1. The molecule has 3 aromatic rings. The van der Waals surface area contributed by atoms with Gasteiger partial charge in [-0.1, -0.05) is 34.1 Å². The van der Waals surface area contributed by atoms with Crippen molar-refractivity contribution in [1.82, 2.24) is 0 Å². The van der Waals surface area contributed by atoms with Gasteiger partial charge < -0.3 is 4.74 Å². The fourth-order valence-corrected chi connectivity index (χ4v) is 2.38. The van der Waals surface area contributed by atoms with Crippen LogP contribution < -0.4 is 9.30 Å². The Labute approximate surface area is 126 Å². The van der Waals surface area contributed by atoms with E-state index in [4.69, 9.17) is 4.74 Å². The van der Waals surface area contributed by atoms with Gasteiger partial charge in [-0.3, -0.25) is 0 Å². The Morgan fingerprint density at radius 2 is 1.65 bits per heavy atom. The van der Waals surface area contributed by atoms with Crippen LogP contribution in [0, 0.1) is 0 Å². The van der Waals surface area contributed by atoms with Crippen LogP contribution in [0.1, 0.15) is 0 Å². The van der Waals surface area contributed by atoms with E-state index in [2.05, 4.69) is 63.2 Å². The zero-order valence-electron chi connectivity index (χ0n) is 11.0. The summed E-state index contributed by atoms with van der Waals surface area (Å²) in [7, 11) is 0. The maximum atomic E-state index is 5.74. The summed E-state index contributed by atoms with van der Waals surface area (Å²) in [4.78, 5) is 0. The molecule has 0 aliphatic rings. The molecule has 0 unspecified atom stereocenters. The molecule has 2 aromatic carbocycles. The van der Waals surface area contributed by atoms with Crippen LogP contribution >= 0.6 is 15.9 Å². The van der Waals surface area contributed by atoms with Gasteiger partial charge in [0.1, 0.15) is 12.4 Å². The van der Waals surface area contributed by atoms with Crippen molar-refractivity contribution < 1.29 is 9.30 Å². The largest absolute Gasteiger partial charge is 0.487 e. The fourth-order valence-electron chi connectivity index (χ4n) is 2.12. The smallest absolute Gasteiger partial charge is 0.182 e. The van der Waals surface area contributed by atoms with Gasteiger partial charge in [0.05, 0.1) is 0 Å². The summed E-state index contributed by atoms with van der Waals surface area (Å²) < 4.78 is 8.95. The van der Waals surface area contributed by atoms with E-state index in [0.717, 1.165) is 16.8 Å². The maximum absolute atomic E-state index is 5.74. The van der Waals surface area contributed by atoms with E-state index in [1.54, 1.807) is 0 Å². The first-order valence-corrected chi connectivity index (χ1v) is 7.37. The van der Waals surface area contributed by atoms with Crippen LogP contribution in [0.3, 0.4) is 0 Å². The predicted octanol–water partition coefficient (Wildman–Crippen LogP) is 3.97. The van der Waals surface area contributed by atoms with E-state index in [1.807, 2.05) is 24.3 Å². The van der Waals surface area contributed by atoms with Gasteiger partial charge in [-0.2, -0.15) is 0 Å². The first-order chi connectivity index (χ1) is 9.81. The Hall–Kier alpha value is -1.87. The Bertz CT molecular complexity index is 710. The van der Waals surface area contributed by atoms with Gasteiger partial charge in [0.15, 0.2) is 18.9 Å². The number of halogens is 1. The second kappa shape index (κ2) is 6.06. The highest BCUT2D eigenvalue weighted by molar-refractivity contribution is 9.10. The topological polar surface area (TPSA) is 13.1 Å². The van der Waals surface area contributed by atoms with Crippen molar-refractivity contribution in [3.8, 4) is 5.75 Å². The highest BCUT2D eigenvalue weighted by Crippen LogP contribution is 2.16. The number of aromatic nitrogens is 1. The third-order valence-electron chi connectivity index (χ3n) is 3.18. The highest BCUT2D eigenvalue weighted by Gasteiger charge is 2.03. The monoisotopic (exact) mass is 328 g/mol. The average molecular weight is 329 g/mol. The third kappa shape index (κ3) is 3.17. The van der Waals surface area contributed by atoms with Crippen molar-refractivity contribution in [2.45, 2.75) is 6.54 Å². The molecular formula is C17H15BrNO+. The molecule has 0 saturated heterocycles. The van der Waals surface area contributed by atoms with Gasteiger partial charge in [-0.15, -0.1) is 0 Å². The van der Waals surface area contributed by atoms with Crippen LogP contribution in [0.2, 0.25) is 0 Å². The second-order valence-corrected chi connectivity index (χ2v) is 5.53. The van der Waals surface area contributed by atoms with Crippen LogP contribution in [-0.2, 0) is 6.54 Å². The molecule has 0 amide bonds. The van der Waals surface area contributed by atoms with Crippen LogP contribution in [0.15, 0.2) is 71.5 Å². The first-order valence-electron chi connectivity index (χ1n) is 6.57. The SMILES string of the molecule is Brc1ccc(OCC[n+]2ccc3ccccc3c2)cc1. The highest BCUT2D eigenvalue weighted by atomic mass is 79.9. The summed E-state index contributed by atoms with van der Waals surface area (Å²) >= 11 is 3.41. The number of hydrogen-bond donors (Lipinski definition) is 0. The Kier molecular flexibility index (Phi) is 3.97. The molecule has 100 valence electrons. The summed E-state index contributed by atoms with van der Waals surface area (Å²) in [5.74, 6) is 0.898. The lowest BCUT2D eigenvalue weighted by atomic mass is 10.2. The number of nitrogens with zero attached hydrogens (tertiary/aromatic N) is 1. The van der Waals surface area contributed by atoms with Gasteiger partial charge in [0.25, 0.3) is 0 Å². The molecule has 2 nitrogen and oxygen atoms in total. The van der Waals surface area contributed by atoms with Crippen molar-refractivity contribution in [3.63, 3.8) is 0 Å². The Balaban J connectivity index is 1.63. The van der Waals surface area contributed by atoms with Crippen molar-refractivity contribution >= 4 is 26.7 Å². The Morgan fingerprint density at radius 3 is 2.45 bits per heavy atom. The molecule has 0 atom stereocenters. The molecule has 3 rings (SSSR count). The summed E-state index contributed by atoms with van der Waals surface area (Å²) in [6.07, 6.45) is 4.24. The molecule has 0 N–H and O–H groups in total. The number of pyridine rings is 1. The Morgan fingerprint density at radius 1 is 0.900 bits per heavy atom. The number of ether oxygens (including phenoxy) is 1. The molecule has 1 heterocycles. The number of rotatable bonds is 4. The van der Waals surface area contributed by atoms with E-state index < -0.39 is 0 Å². The summed E-state index contributed by atoms with van der Waals surface area (Å²) in [6.45, 7) is 1.49. The molecule has 0 aliphatic heterocycles. The van der Waals surface area contributed by atoms with E-state index in [1.165, 1.54) is 10.8 Å². The van der Waals surface area contributed by atoms with Crippen LogP contribution in [0.25, 0.3) is 10.8 Å². The minimum absolute atomic E-state index is 0.657. The van der Waals surface area contributed by atoms with E-state index >= 15 is 0 Å². The summed E-state index contributed by atoms with van der Waals surface area (Å²) in [6, 6.07) is 18.4. The first kappa shape index (κ1) is 13.1. The molecule has 0 radical (unpaired) electrons. The van der Waals surface area contributed by atoms with Crippen LogP contribution in [0.4, 0.5) is 0 Å². The maximum Gasteiger partial charge on any atom is 0.182 e. The lowest BCUT2D eigenvalue weighted by Crippen LogP contribution is -2.35. The van der Waals surface area contributed by atoms with Crippen molar-refractivity contribution in [2.24, 2.45) is 0 Å². The van der Waals surface area contributed by atoms with Gasteiger partial charge in [0.2, 0.25) is 0 Å². The van der Waals surface area contributed by atoms with E-state index in [-0.39, 0.29) is 0 Å². The molecule has 1 aromatic heterocycles. The second-order valence-electron chi connectivity index (χ2n) is 4.61. The minimum atomic E-state index is 0.657. The molecule has 0 bridgehead atoms. The number of fused-ring (bicyclic) bond motifs is 1. The van der Waals surface area contributed by atoms with Crippen molar-refractivity contribution in [3.05, 3.63) is 71.5 Å². The molecule has 3 heteroatoms. The molecule has 0 saturated carbocycles. The minimum Gasteiger partial charge on any atom is -0.487 e. The lowest BCUT2D eigenvalue weighted by molar-refractivity contribution is -0.696. The van der Waals surface area contributed by atoms with E-state index in [9.17, 15) is 0 Å².